The quantitative estimate of drug-likeness (QED) is 0.393. The summed E-state index contributed by atoms with van der Waals surface area (Å²) in [5.41, 5.74) is 2.90. The number of hydrogen-bond donors (Lipinski definition) is 0. The van der Waals surface area contributed by atoms with Crippen LogP contribution < -0.4 is 0 Å². The molecule has 0 atom stereocenters. The summed E-state index contributed by atoms with van der Waals surface area (Å²) >= 11 is 0. The molecule has 0 N–H and O–H groups in total. The summed E-state index contributed by atoms with van der Waals surface area (Å²) < 4.78 is 13.0. The van der Waals surface area contributed by atoms with Gasteiger partial charge >= 0.3 is 0 Å². The number of unbranched alkanes of at least 4 members (excludes halogenated alkanes) is 1. The third-order valence-corrected chi connectivity index (χ3v) is 5.27. The molecule has 0 amide bonds. The zero-order chi connectivity index (χ0) is 17.2. The summed E-state index contributed by atoms with van der Waals surface area (Å²) in [6.07, 6.45) is 13.4. The van der Waals surface area contributed by atoms with Crippen molar-refractivity contribution in [1.82, 2.24) is 0 Å². The van der Waals surface area contributed by atoms with Crippen molar-refractivity contribution in [3.63, 3.8) is 0 Å². The molecule has 24 heavy (non-hydrogen) atoms. The summed E-state index contributed by atoms with van der Waals surface area (Å²) in [7, 11) is 0. The Morgan fingerprint density at radius 3 is 2.29 bits per heavy atom. The SMILES string of the molecule is CCCc1ccc(CCCCC2CCC(/C=C(/F)C#N)CC2)cc1. The van der Waals surface area contributed by atoms with Gasteiger partial charge in [-0.25, -0.2) is 0 Å². The number of aryl methyl sites for hydroxylation is 2. The number of nitriles is 1. The van der Waals surface area contributed by atoms with Crippen molar-refractivity contribution >= 4 is 0 Å². The number of nitrogens with zero attached hydrogens (tertiary/aromatic N) is 1. The van der Waals surface area contributed by atoms with Crippen molar-refractivity contribution in [3.05, 3.63) is 47.3 Å². The van der Waals surface area contributed by atoms with E-state index in [2.05, 4.69) is 31.2 Å². The normalized spacial score (nSPS) is 21.5. The minimum absolute atomic E-state index is 0.280. The Hall–Kier alpha value is -1.62. The van der Waals surface area contributed by atoms with E-state index in [9.17, 15) is 4.39 Å². The zero-order valence-corrected chi connectivity index (χ0v) is 14.9. The molecule has 0 aromatic heterocycles. The molecule has 1 aromatic rings. The first-order chi connectivity index (χ1) is 11.7. The van der Waals surface area contributed by atoms with Crippen molar-refractivity contribution in [2.45, 2.75) is 71.1 Å². The van der Waals surface area contributed by atoms with Crippen LogP contribution in [-0.2, 0) is 12.8 Å². The fraction of sp³-hybridized carbons (Fsp3) is 0.591. The van der Waals surface area contributed by atoms with E-state index >= 15 is 0 Å². The van der Waals surface area contributed by atoms with Gasteiger partial charge in [-0.05, 0) is 74.0 Å². The summed E-state index contributed by atoms with van der Waals surface area (Å²) in [5, 5.41) is 8.50. The topological polar surface area (TPSA) is 23.8 Å². The average Bonchev–Trinajstić information content (AvgIpc) is 2.61. The molecule has 0 aliphatic heterocycles. The molecule has 0 radical (unpaired) electrons. The fourth-order valence-corrected chi connectivity index (χ4v) is 3.81. The van der Waals surface area contributed by atoms with Crippen LogP contribution in [0, 0.1) is 23.2 Å². The molecule has 0 bridgehead atoms. The standard InChI is InChI=1S/C22H30FN/c1-2-5-18-8-10-19(11-9-18)6-3-4-7-20-12-14-21(15-13-20)16-22(23)17-24/h8-11,16,20-21H,2-7,12-15H2,1H3/b22-16+. The van der Waals surface area contributed by atoms with Gasteiger partial charge in [0.05, 0.1) is 0 Å². The van der Waals surface area contributed by atoms with Gasteiger partial charge in [-0.1, -0.05) is 50.5 Å². The molecule has 1 aromatic carbocycles. The van der Waals surface area contributed by atoms with Crippen molar-refractivity contribution in [2.24, 2.45) is 11.8 Å². The molecular weight excluding hydrogens is 297 g/mol. The van der Waals surface area contributed by atoms with Crippen LogP contribution in [-0.4, -0.2) is 0 Å². The largest absolute Gasteiger partial charge is 0.196 e. The number of halogens is 1. The second-order valence-electron chi connectivity index (χ2n) is 7.22. The Morgan fingerprint density at radius 2 is 1.71 bits per heavy atom. The molecular formula is C22H30FN. The second kappa shape index (κ2) is 10.3. The van der Waals surface area contributed by atoms with Gasteiger partial charge in [0.15, 0.2) is 5.83 Å². The molecule has 1 aliphatic carbocycles. The highest BCUT2D eigenvalue weighted by Gasteiger charge is 2.20. The van der Waals surface area contributed by atoms with Gasteiger partial charge in [0.25, 0.3) is 0 Å². The number of allylic oxidation sites excluding steroid dienone is 2. The number of hydrogen-bond acceptors (Lipinski definition) is 1. The predicted molar refractivity (Wildman–Crippen MR) is 98.2 cm³/mol. The Balaban J connectivity index is 1.61. The van der Waals surface area contributed by atoms with Gasteiger partial charge in [0, 0.05) is 0 Å². The Morgan fingerprint density at radius 1 is 1.08 bits per heavy atom. The maximum Gasteiger partial charge on any atom is 0.196 e. The first kappa shape index (κ1) is 18.7. The first-order valence-electron chi connectivity index (χ1n) is 9.56. The van der Waals surface area contributed by atoms with Crippen LogP contribution in [0.5, 0.6) is 0 Å². The second-order valence-corrected chi connectivity index (χ2v) is 7.22. The van der Waals surface area contributed by atoms with E-state index in [0.717, 1.165) is 18.8 Å². The van der Waals surface area contributed by atoms with Gasteiger partial charge in [-0.3, -0.25) is 0 Å². The third kappa shape index (κ3) is 6.48. The molecule has 0 unspecified atom stereocenters. The lowest BCUT2D eigenvalue weighted by Gasteiger charge is -2.26. The molecule has 1 saturated carbocycles. The highest BCUT2D eigenvalue weighted by atomic mass is 19.1. The molecule has 1 nitrogen and oxygen atoms in total. The highest BCUT2D eigenvalue weighted by molar-refractivity contribution is 5.22. The Labute approximate surface area is 146 Å². The van der Waals surface area contributed by atoms with E-state index < -0.39 is 5.83 Å². The summed E-state index contributed by atoms with van der Waals surface area (Å²) in [6, 6.07) is 10.7. The minimum Gasteiger partial charge on any atom is -0.195 e. The van der Waals surface area contributed by atoms with Gasteiger partial charge in [-0.15, -0.1) is 0 Å². The van der Waals surface area contributed by atoms with Crippen LogP contribution in [0.1, 0.15) is 69.4 Å². The molecule has 2 rings (SSSR count). The van der Waals surface area contributed by atoms with Crippen molar-refractivity contribution < 1.29 is 4.39 Å². The smallest absolute Gasteiger partial charge is 0.195 e. The maximum absolute atomic E-state index is 13.0. The van der Waals surface area contributed by atoms with E-state index in [0.29, 0.717) is 0 Å². The van der Waals surface area contributed by atoms with Gasteiger partial charge < -0.3 is 0 Å². The predicted octanol–water partition coefficient (Wildman–Crippen LogP) is 6.54. The average molecular weight is 327 g/mol. The monoisotopic (exact) mass is 327 g/mol. The summed E-state index contributed by atoms with van der Waals surface area (Å²) in [6.45, 7) is 2.22. The third-order valence-electron chi connectivity index (χ3n) is 5.27. The number of rotatable bonds is 8. The molecule has 0 saturated heterocycles. The van der Waals surface area contributed by atoms with Crippen molar-refractivity contribution in [2.75, 3.05) is 0 Å². The molecule has 0 heterocycles. The fourth-order valence-electron chi connectivity index (χ4n) is 3.81. The lowest BCUT2D eigenvalue weighted by molar-refractivity contribution is 0.288. The summed E-state index contributed by atoms with van der Waals surface area (Å²) in [5.74, 6) is 0.470. The van der Waals surface area contributed by atoms with Crippen LogP contribution in [0.4, 0.5) is 4.39 Å². The van der Waals surface area contributed by atoms with Gasteiger partial charge in [0.1, 0.15) is 6.07 Å². The zero-order valence-electron chi connectivity index (χ0n) is 14.9. The summed E-state index contributed by atoms with van der Waals surface area (Å²) in [4.78, 5) is 0. The first-order valence-corrected chi connectivity index (χ1v) is 9.56. The lowest BCUT2D eigenvalue weighted by Crippen LogP contribution is -2.13. The molecule has 0 spiro atoms. The van der Waals surface area contributed by atoms with Crippen LogP contribution in [0.15, 0.2) is 36.2 Å². The Kier molecular flexibility index (Phi) is 8.02. The van der Waals surface area contributed by atoms with Crippen molar-refractivity contribution in [1.29, 1.82) is 5.26 Å². The van der Waals surface area contributed by atoms with Gasteiger partial charge in [-0.2, -0.15) is 9.65 Å². The van der Waals surface area contributed by atoms with E-state index in [1.54, 1.807) is 6.07 Å². The van der Waals surface area contributed by atoms with E-state index in [1.165, 1.54) is 68.6 Å². The van der Waals surface area contributed by atoms with Crippen LogP contribution >= 0.6 is 0 Å². The molecule has 1 fully saturated rings. The number of benzene rings is 1. The van der Waals surface area contributed by atoms with Crippen LogP contribution in [0.25, 0.3) is 0 Å². The van der Waals surface area contributed by atoms with Crippen molar-refractivity contribution in [3.8, 4) is 6.07 Å². The Bertz CT molecular complexity index is 544. The van der Waals surface area contributed by atoms with Gasteiger partial charge in [0.2, 0.25) is 0 Å². The molecule has 2 heteroatoms. The van der Waals surface area contributed by atoms with E-state index in [-0.39, 0.29) is 5.92 Å². The van der Waals surface area contributed by atoms with E-state index in [4.69, 9.17) is 5.26 Å². The molecule has 130 valence electrons. The van der Waals surface area contributed by atoms with Crippen LogP contribution in [0.3, 0.4) is 0 Å². The van der Waals surface area contributed by atoms with E-state index in [1.807, 2.05) is 0 Å². The maximum atomic E-state index is 13.0. The lowest BCUT2D eigenvalue weighted by atomic mass is 9.79. The molecule has 1 aliphatic rings. The highest BCUT2D eigenvalue weighted by Crippen LogP contribution is 2.33. The minimum atomic E-state index is -0.608. The van der Waals surface area contributed by atoms with Crippen LogP contribution in [0.2, 0.25) is 0 Å².